The number of pyridine rings is 1. The summed E-state index contributed by atoms with van der Waals surface area (Å²) < 4.78 is 7.44. The SMILES string of the molecule is CCOc1ccccc1-c1nc2cc(Cl)ccn2c1N. The topological polar surface area (TPSA) is 52.5 Å². The zero-order valence-corrected chi connectivity index (χ0v) is 11.8. The molecule has 0 aliphatic heterocycles. The summed E-state index contributed by atoms with van der Waals surface area (Å²) in [7, 11) is 0. The van der Waals surface area contributed by atoms with Crippen LogP contribution in [0.2, 0.25) is 5.02 Å². The number of rotatable bonds is 3. The lowest BCUT2D eigenvalue weighted by molar-refractivity contribution is 0.341. The molecule has 0 aliphatic rings. The Hall–Kier alpha value is -2.20. The molecule has 0 spiro atoms. The minimum absolute atomic E-state index is 0.573. The Labute approximate surface area is 121 Å². The van der Waals surface area contributed by atoms with Gasteiger partial charge in [-0.1, -0.05) is 23.7 Å². The van der Waals surface area contributed by atoms with Gasteiger partial charge >= 0.3 is 0 Å². The van der Waals surface area contributed by atoms with Crippen molar-refractivity contribution in [3.05, 3.63) is 47.6 Å². The standard InChI is InChI=1S/C15H14ClN3O/c1-2-20-12-6-4-3-5-11(12)14-15(17)19-8-7-10(16)9-13(19)18-14/h3-9H,2,17H2,1H3. The van der Waals surface area contributed by atoms with Crippen LogP contribution in [0, 0.1) is 0 Å². The number of halogens is 1. The Balaban J connectivity index is 2.22. The predicted octanol–water partition coefficient (Wildman–Crippen LogP) is 3.64. The zero-order valence-electron chi connectivity index (χ0n) is 11.0. The van der Waals surface area contributed by atoms with Gasteiger partial charge in [-0.3, -0.25) is 4.40 Å². The smallest absolute Gasteiger partial charge is 0.140 e. The van der Waals surface area contributed by atoms with Crippen LogP contribution < -0.4 is 10.5 Å². The molecule has 2 aromatic heterocycles. The van der Waals surface area contributed by atoms with Crippen LogP contribution in [0.4, 0.5) is 5.82 Å². The third-order valence-corrected chi connectivity index (χ3v) is 3.30. The molecule has 1 aromatic carbocycles. The van der Waals surface area contributed by atoms with Crippen molar-refractivity contribution in [1.29, 1.82) is 0 Å². The monoisotopic (exact) mass is 287 g/mol. The molecule has 0 radical (unpaired) electrons. The van der Waals surface area contributed by atoms with Crippen molar-refractivity contribution in [3.63, 3.8) is 0 Å². The van der Waals surface area contributed by atoms with Crippen LogP contribution in [0.1, 0.15) is 6.92 Å². The fourth-order valence-corrected chi connectivity index (χ4v) is 2.33. The molecule has 0 amide bonds. The van der Waals surface area contributed by atoms with E-state index in [1.165, 1.54) is 0 Å². The number of anilines is 1. The Morgan fingerprint density at radius 1 is 1.30 bits per heavy atom. The van der Waals surface area contributed by atoms with Gasteiger partial charge in [-0.2, -0.15) is 0 Å². The molecule has 0 atom stereocenters. The minimum Gasteiger partial charge on any atom is -0.493 e. The maximum absolute atomic E-state index is 6.19. The maximum atomic E-state index is 6.19. The number of ether oxygens (including phenoxy) is 1. The number of hydrogen-bond donors (Lipinski definition) is 1. The van der Waals surface area contributed by atoms with Gasteiger partial charge in [-0.15, -0.1) is 0 Å². The van der Waals surface area contributed by atoms with Gasteiger partial charge in [0.2, 0.25) is 0 Å². The third-order valence-electron chi connectivity index (χ3n) is 3.07. The van der Waals surface area contributed by atoms with E-state index in [1.807, 2.05) is 41.8 Å². The van der Waals surface area contributed by atoms with Gasteiger partial charge < -0.3 is 10.5 Å². The summed E-state index contributed by atoms with van der Waals surface area (Å²) in [6, 6.07) is 11.3. The molecular formula is C15H14ClN3O. The fourth-order valence-electron chi connectivity index (χ4n) is 2.18. The number of nitrogen functional groups attached to an aromatic ring is 1. The van der Waals surface area contributed by atoms with Crippen LogP contribution in [0.25, 0.3) is 16.9 Å². The van der Waals surface area contributed by atoms with Gasteiger partial charge in [0.25, 0.3) is 0 Å². The molecule has 20 heavy (non-hydrogen) atoms. The molecule has 0 unspecified atom stereocenters. The molecular weight excluding hydrogens is 274 g/mol. The average Bonchev–Trinajstić information content (AvgIpc) is 2.76. The molecule has 0 fully saturated rings. The second-order valence-electron chi connectivity index (χ2n) is 4.35. The summed E-state index contributed by atoms with van der Waals surface area (Å²) in [5, 5.41) is 0.632. The average molecular weight is 288 g/mol. The number of para-hydroxylation sites is 1. The van der Waals surface area contributed by atoms with Crippen molar-refractivity contribution >= 4 is 23.1 Å². The van der Waals surface area contributed by atoms with Gasteiger partial charge in [-0.25, -0.2) is 4.98 Å². The molecule has 3 aromatic rings. The summed E-state index contributed by atoms with van der Waals surface area (Å²) in [5.41, 5.74) is 8.49. The first-order chi connectivity index (χ1) is 9.70. The zero-order chi connectivity index (χ0) is 14.1. The van der Waals surface area contributed by atoms with Gasteiger partial charge in [0.1, 0.15) is 22.9 Å². The van der Waals surface area contributed by atoms with Crippen molar-refractivity contribution in [2.75, 3.05) is 12.3 Å². The molecule has 2 N–H and O–H groups in total. The third kappa shape index (κ3) is 2.08. The van der Waals surface area contributed by atoms with Gasteiger partial charge in [-0.05, 0) is 25.1 Å². The lowest BCUT2D eigenvalue weighted by atomic mass is 10.1. The Morgan fingerprint density at radius 2 is 2.10 bits per heavy atom. The lowest BCUT2D eigenvalue weighted by Gasteiger charge is -2.08. The highest BCUT2D eigenvalue weighted by molar-refractivity contribution is 6.30. The number of hydrogen-bond acceptors (Lipinski definition) is 3. The second kappa shape index (κ2) is 5.06. The molecule has 3 rings (SSSR count). The largest absolute Gasteiger partial charge is 0.493 e. The highest BCUT2D eigenvalue weighted by atomic mass is 35.5. The van der Waals surface area contributed by atoms with E-state index in [-0.39, 0.29) is 0 Å². The van der Waals surface area contributed by atoms with E-state index < -0.39 is 0 Å². The van der Waals surface area contributed by atoms with Crippen LogP contribution in [0.15, 0.2) is 42.6 Å². The maximum Gasteiger partial charge on any atom is 0.140 e. The van der Waals surface area contributed by atoms with E-state index in [2.05, 4.69) is 4.98 Å². The molecule has 5 heteroatoms. The molecule has 0 saturated heterocycles. The highest BCUT2D eigenvalue weighted by Gasteiger charge is 2.15. The molecule has 0 bridgehead atoms. The summed E-state index contributed by atoms with van der Waals surface area (Å²) in [5.74, 6) is 1.35. The number of nitrogens with two attached hydrogens (primary N) is 1. The summed E-state index contributed by atoms with van der Waals surface area (Å²) in [6.45, 7) is 2.54. The second-order valence-corrected chi connectivity index (χ2v) is 4.78. The summed E-state index contributed by atoms with van der Waals surface area (Å²) >= 11 is 5.99. The minimum atomic E-state index is 0.573. The van der Waals surface area contributed by atoms with Crippen molar-refractivity contribution in [1.82, 2.24) is 9.38 Å². The molecule has 0 aliphatic carbocycles. The van der Waals surface area contributed by atoms with Crippen molar-refractivity contribution in [2.24, 2.45) is 0 Å². The lowest BCUT2D eigenvalue weighted by Crippen LogP contribution is -1.97. The van der Waals surface area contributed by atoms with Crippen LogP contribution in [-0.2, 0) is 0 Å². The molecule has 2 heterocycles. The van der Waals surface area contributed by atoms with Crippen LogP contribution in [0.5, 0.6) is 5.75 Å². The Morgan fingerprint density at radius 3 is 2.90 bits per heavy atom. The van der Waals surface area contributed by atoms with E-state index >= 15 is 0 Å². The van der Waals surface area contributed by atoms with Crippen LogP contribution in [-0.4, -0.2) is 16.0 Å². The number of benzene rings is 1. The Kier molecular flexibility index (Phi) is 3.24. The van der Waals surface area contributed by atoms with Gasteiger partial charge in [0.05, 0.1) is 6.61 Å². The predicted molar refractivity (Wildman–Crippen MR) is 81.2 cm³/mol. The van der Waals surface area contributed by atoms with E-state index in [9.17, 15) is 0 Å². The van der Waals surface area contributed by atoms with Crippen molar-refractivity contribution < 1.29 is 4.74 Å². The molecule has 102 valence electrons. The number of aromatic nitrogens is 2. The highest BCUT2D eigenvalue weighted by Crippen LogP contribution is 2.34. The fraction of sp³-hybridized carbons (Fsp3) is 0.133. The van der Waals surface area contributed by atoms with Crippen LogP contribution >= 0.6 is 11.6 Å². The van der Waals surface area contributed by atoms with E-state index in [4.69, 9.17) is 22.1 Å². The van der Waals surface area contributed by atoms with E-state index in [0.29, 0.717) is 23.1 Å². The van der Waals surface area contributed by atoms with Gasteiger partial charge in [0, 0.05) is 22.8 Å². The van der Waals surface area contributed by atoms with Crippen LogP contribution in [0.3, 0.4) is 0 Å². The number of nitrogens with zero attached hydrogens (tertiary/aromatic N) is 2. The quantitative estimate of drug-likeness (QED) is 0.800. The van der Waals surface area contributed by atoms with E-state index in [1.54, 1.807) is 12.1 Å². The number of fused-ring (bicyclic) bond motifs is 1. The summed E-state index contributed by atoms with van der Waals surface area (Å²) in [4.78, 5) is 4.56. The summed E-state index contributed by atoms with van der Waals surface area (Å²) in [6.07, 6.45) is 1.81. The van der Waals surface area contributed by atoms with Crippen molar-refractivity contribution in [3.8, 4) is 17.0 Å². The Bertz CT molecular complexity index is 767. The number of imidazole rings is 1. The first-order valence-electron chi connectivity index (χ1n) is 6.36. The first kappa shape index (κ1) is 12.8. The normalized spacial score (nSPS) is 10.9. The molecule has 4 nitrogen and oxygen atoms in total. The molecule has 0 saturated carbocycles. The van der Waals surface area contributed by atoms with E-state index in [0.717, 1.165) is 17.0 Å². The van der Waals surface area contributed by atoms with Crippen molar-refractivity contribution in [2.45, 2.75) is 6.92 Å². The first-order valence-corrected chi connectivity index (χ1v) is 6.73. The van der Waals surface area contributed by atoms with Gasteiger partial charge in [0.15, 0.2) is 0 Å².